The van der Waals surface area contributed by atoms with Gasteiger partial charge >= 0.3 is 0 Å². The molecule has 1 heterocycles. The van der Waals surface area contributed by atoms with Crippen LogP contribution in [0.25, 0.3) is 0 Å². The number of nitrogens with two attached hydrogens (primary N) is 1. The second-order valence-electron chi connectivity index (χ2n) is 5.26. The molecule has 4 nitrogen and oxygen atoms in total. The van der Waals surface area contributed by atoms with E-state index in [2.05, 4.69) is 34.0 Å². The monoisotopic (exact) mass is 367 g/mol. The zero-order valence-corrected chi connectivity index (χ0v) is 14.1. The van der Waals surface area contributed by atoms with Crippen LogP contribution in [0.3, 0.4) is 0 Å². The molecule has 2 rings (SSSR count). The Labute approximate surface area is 138 Å². The Kier molecular flexibility index (Phi) is 4.90. The number of aryl methyl sites for hydroxylation is 1. The molecule has 1 aliphatic heterocycles. The molecule has 0 aromatic heterocycles. The summed E-state index contributed by atoms with van der Waals surface area (Å²) in [7, 11) is 0. The van der Waals surface area contributed by atoms with E-state index >= 15 is 0 Å². The van der Waals surface area contributed by atoms with Gasteiger partial charge < -0.3 is 15.5 Å². The second kappa shape index (κ2) is 6.52. The minimum Gasteiger partial charge on any atom is -0.396 e. The highest BCUT2D eigenvalue weighted by atomic mass is 79.9. The molecule has 0 spiro atoms. The van der Waals surface area contributed by atoms with Gasteiger partial charge in [0.1, 0.15) is 0 Å². The summed E-state index contributed by atoms with van der Waals surface area (Å²) in [6.45, 7) is 11.8. The largest absolute Gasteiger partial charge is 0.396 e. The first-order valence-electron chi connectivity index (χ1n) is 6.96. The maximum Gasteiger partial charge on any atom is 0.256 e. The summed E-state index contributed by atoms with van der Waals surface area (Å²) in [4.78, 5) is 16.3. The normalized spacial score (nSPS) is 14.9. The Balaban J connectivity index is 2.17. The summed E-state index contributed by atoms with van der Waals surface area (Å²) in [5.74, 6) is -0.821. The Morgan fingerprint density at radius 3 is 2.45 bits per heavy atom. The number of halogens is 2. The summed E-state index contributed by atoms with van der Waals surface area (Å²) >= 11 is 3.14. The standard InChI is InChI=1S/C16H19BrFN3O/c1-4-11(3)20-5-7-21(8-6-20)16(22)12-9-10(2)13(17)14(18)15(12)19/h4,9H,1,3,5-8,19H2,2H3. The molecule has 0 saturated carbocycles. The molecule has 1 saturated heterocycles. The fraction of sp³-hybridized carbons (Fsp3) is 0.312. The molecule has 2 N–H and O–H groups in total. The zero-order chi connectivity index (χ0) is 16.4. The minimum atomic E-state index is -0.581. The van der Waals surface area contributed by atoms with E-state index in [1.165, 1.54) is 0 Å². The van der Waals surface area contributed by atoms with Gasteiger partial charge in [0.2, 0.25) is 0 Å². The highest BCUT2D eigenvalue weighted by Crippen LogP contribution is 2.29. The molecule has 6 heteroatoms. The number of amides is 1. The molecule has 118 valence electrons. The van der Waals surface area contributed by atoms with Crippen LogP contribution < -0.4 is 5.73 Å². The van der Waals surface area contributed by atoms with E-state index in [4.69, 9.17) is 5.73 Å². The Morgan fingerprint density at radius 1 is 1.36 bits per heavy atom. The van der Waals surface area contributed by atoms with Crippen LogP contribution in [-0.4, -0.2) is 41.9 Å². The van der Waals surface area contributed by atoms with Crippen LogP contribution >= 0.6 is 15.9 Å². The lowest BCUT2D eigenvalue weighted by molar-refractivity contribution is 0.0673. The van der Waals surface area contributed by atoms with Crippen molar-refractivity contribution in [1.29, 1.82) is 0 Å². The summed E-state index contributed by atoms with van der Waals surface area (Å²) < 4.78 is 14.3. The number of benzene rings is 1. The number of anilines is 1. The summed E-state index contributed by atoms with van der Waals surface area (Å²) in [6, 6.07) is 1.62. The van der Waals surface area contributed by atoms with Gasteiger partial charge in [-0.2, -0.15) is 0 Å². The maximum atomic E-state index is 14.0. The number of allylic oxidation sites excluding steroid dienone is 1. The van der Waals surface area contributed by atoms with Gasteiger partial charge in [0, 0.05) is 31.9 Å². The van der Waals surface area contributed by atoms with Crippen LogP contribution in [0.5, 0.6) is 0 Å². The third-order valence-corrected chi connectivity index (χ3v) is 4.84. The Morgan fingerprint density at radius 2 is 1.91 bits per heavy atom. The maximum absolute atomic E-state index is 14.0. The van der Waals surface area contributed by atoms with Crippen molar-refractivity contribution in [2.24, 2.45) is 0 Å². The van der Waals surface area contributed by atoms with Crippen molar-refractivity contribution >= 4 is 27.5 Å². The fourth-order valence-corrected chi connectivity index (χ4v) is 2.77. The highest BCUT2D eigenvalue weighted by molar-refractivity contribution is 9.10. The van der Waals surface area contributed by atoms with E-state index in [9.17, 15) is 9.18 Å². The van der Waals surface area contributed by atoms with Crippen LogP contribution in [0.2, 0.25) is 0 Å². The van der Waals surface area contributed by atoms with Crippen molar-refractivity contribution in [3.8, 4) is 0 Å². The molecule has 0 aliphatic carbocycles. The van der Waals surface area contributed by atoms with E-state index in [0.29, 0.717) is 36.2 Å². The molecule has 0 bridgehead atoms. The molecule has 0 radical (unpaired) electrons. The number of hydrogen-bond acceptors (Lipinski definition) is 3. The van der Waals surface area contributed by atoms with Crippen molar-refractivity contribution in [3.63, 3.8) is 0 Å². The van der Waals surface area contributed by atoms with Crippen molar-refractivity contribution in [3.05, 3.63) is 52.4 Å². The molecule has 1 fully saturated rings. The Bertz CT molecular complexity index is 637. The van der Waals surface area contributed by atoms with Gasteiger partial charge in [-0.25, -0.2) is 4.39 Å². The number of carbonyl (C=O) groups is 1. The van der Waals surface area contributed by atoms with E-state index in [0.717, 1.165) is 5.70 Å². The van der Waals surface area contributed by atoms with Gasteiger partial charge in [-0.1, -0.05) is 13.2 Å². The van der Waals surface area contributed by atoms with Crippen LogP contribution in [0, 0.1) is 12.7 Å². The smallest absolute Gasteiger partial charge is 0.256 e. The van der Waals surface area contributed by atoms with Crippen molar-refractivity contribution in [2.75, 3.05) is 31.9 Å². The lowest BCUT2D eigenvalue weighted by Crippen LogP contribution is -2.48. The minimum absolute atomic E-state index is 0.111. The quantitative estimate of drug-likeness (QED) is 0.659. The van der Waals surface area contributed by atoms with E-state index in [1.807, 2.05) is 0 Å². The molecule has 1 aromatic carbocycles. The number of carbonyl (C=O) groups excluding carboxylic acids is 1. The van der Waals surface area contributed by atoms with Gasteiger partial charge in [0.25, 0.3) is 5.91 Å². The third kappa shape index (κ3) is 3.02. The Hall–Kier alpha value is -1.82. The van der Waals surface area contributed by atoms with Gasteiger partial charge in [0.15, 0.2) is 5.82 Å². The van der Waals surface area contributed by atoms with Crippen molar-refractivity contribution in [2.45, 2.75) is 6.92 Å². The van der Waals surface area contributed by atoms with E-state index in [1.54, 1.807) is 24.0 Å². The average molecular weight is 368 g/mol. The SMILES string of the molecule is C=CC(=C)N1CCN(C(=O)c2cc(C)c(Br)c(F)c2N)CC1. The highest BCUT2D eigenvalue weighted by Gasteiger charge is 2.25. The van der Waals surface area contributed by atoms with Gasteiger partial charge in [-0.05, 0) is 40.6 Å². The number of hydrogen-bond donors (Lipinski definition) is 1. The van der Waals surface area contributed by atoms with Crippen molar-refractivity contribution < 1.29 is 9.18 Å². The lowest BCUT2D eigenvalue weighted by Gasteiger charge is -2.36. The van der Waals surface area contributed by atoms with Crippen LogP contribution in [0.4, 0.5) is 10.1 Å². The number of nitrogen functional groups attached to an aromatic ring is 1. The second-order valence-corrected chi connectivity index (χ2v) is 6.05. The molecule has 1 aromatic rings. The third-order valence-electron chi connectivity index (χ3n) is 3.87. The molecule has 0 unspecified atom stereocenters. The van der Waals surface area contributed by atoms with E-state index in [-0.39, 0.29) is 17.2 Å². The van der Waals surface area contributed by atoms with Crippen molar-refractivity contribution in [1.82, 2.24) is 9.80 Å². The molecular weight excluding hydrogens is 349 g/mol. The first kappa shape index (κ1) is 16.5. The first-order chi connectivity index (χ1) is 10.4. The molecule has 0 atom stereocenters. The number of rotatable bonds is 3. The summed E-state index contributed by atoms with van der Waals surface area (Å²) in [5, 5.41) is 0. The first-order valence-corrected chi connectivity index (χ1v) is 7.75. The van der Waals surface area contributed by atoms with Crippen LogP contribution in [0.15, 0.2) is 35.5 Å². The topological polar surface area (TPSA) is 49.6 Å². The molecular formula is C16H19BrFN3O. The van der Waals surface area contributed by atoms with E-state index < -0.39 is 5.82 Å². The van der Waals surface area contributed by atoms with Crippen LogP contribution in [0.1, 0.15) is 15.9 Å². The molecule has 22 heavy (non-hydrogen) atoms. The number of piperazine rings is 1. The lowest BCUT2D eigenvalue weighted by atomic mass is 10.1. The molecule has 1 aliphatic rings. The average Bonchev–Trinajstić information content (AvgIpc) is 2.55. The van der Waals surface area contributed by atoms with Gasteiger partial charge in [-0.15, -0.1) is 0 Å². The van der Waals surface area contributed by atoms with Crippen LogP contribution in [-0.2, 0) is 0 Å². The number of nitrogens with zero attached hydrogens (tertiary/aromatic N) is 2. The van der Waals surface area contributed by atoms with Gasteiger partial charge in [0.05, 0.1) is 15.7 Å². The summed E-state index contributed by atoms with van der Waals surface area (Å²) in [5.41, 5.74) is 7.36. The molecule has 1 amide bonds. The van der Waals surface area contributed by atoms with Gasteiger partial charge in [-0.3, -0.25) is 4.79 Å². The predicted molar refractivity (Wildman–Crippen MR) is 90.1 cm³/mol. The summed E-state index contributed by atoms with van der Waals surface area (Å²) in [6.07, 6.45) is 1.70. The fourth-order valence-electron chi connectivity index (χ4n) is 2.44. The zero-order valence-electron chi connectivity index (χ0n) is 12.5. The predicted octanol–water partition coefficient (Wildman–Crippen LogP) is 2.94.